The third-order valence-corrected chi connectivity index (χ3v) is 3.96. The zero-order chi connectivity index (χ0) is 12.4. The van der Waals surface area contributed by atoms with Crippen molar-refractivity contribution in [2.45, 2.75) is 32.1 Å². The molecule has 3 nitrogen and oxygen atoms in total. The van der Waals surface area contributed by atoms with Gasteiger partial charge in [-0.15, -0.1) is 0 Å². The Bertz CT molecular complexity index is 365. The number of nitrogens with two attached hydrogens (primary N) is 1. The molecule has 1 aromatic rings. The molecule has 3 heteroatoms. The van der Waals surface area contributed by atoms with Crippen molar-refractivity contribution >= 4 is 5.69 Å². The minimum atomic E-state index is 0.756. The lowest BCUT2D eigenvalue weighted by molar-refractivity contribution is 0.255. The summed E-state index contributed by atoms with van der Waals surface area (Å²) in [5.41, 5.74) is 7.58. The summed E-state index contributed by atoms with van der Waals surface area (Å²) >= 11 is 0. The summed E-state index contributed by atoms with van der Waals surface area (Å²) in [6, 6.07) is 4.01. The van der Waals surface area contributed by atoms with Gasteiger partial charge in [-0.25, -0.2) is 0 Å². The third-order valence-electron chi connectivity index (χ3n) is 3.96. The second kappa shape index (κ2) is 5.27. The first-order valence-corrected chi connectivity index (χ1v) is 7.22. The van der Waals surface area contributed by atoms with Gasteiger partial charge in [0.25, 0.3) is 0 Å². The van der Waals surface area contributed by atoms with E-state index in [9.17, 15) is 0 Å². The van der Waals surface area contributed by atoms with Gasteiger partial charge in [-0.2, -0.15) is 0 Å². The molecule has 0 aromatic carbocycles. The first kappa shape index (κ1) is 12.0. The Morgan fingerprint density at radius 3 is 2.28 bits per heavy atom. The molecule has 98 valence electrons. The van der Waals surface area contributed by atoms with Gasteiger partial charge in [-0.1, -0.05) is 0 Å². The fourth-order valence-corrected chi connectivity index (χ4v) is 2.44. The van der Waals surface area contributed by atoms with Crippen LogP contribution in [-0.2, 0) is 6.42 Å². The molecule has 0 atom stereocenters. The van der Waals surface area contributed by atoms with Crippen LogP contribution in [0.4, 0.5) is 5.69 Å². The molecular weight excluding hydrogens is 222 g/mol. The maximum atomic E-state index is 5.66. The minimum Gasteiger partial charge on any atom is -0.397 e. The molecular formula is C15H23N3. The second-order valence-electron chi connectivity index (χ2n) is 5.98. The predicted octanol–water partition coefficient (Wildman–Crippen LogP) is 2.33. The standard InChI is InChI=1S/C15H23N3/c16-14-5-6-15(17-9-14)7-8-18(10-12-1-2-12)11-13-3-4-13/h5-6,9,12-13H,1-4,7-8,10-11,16H2. The molecule has 2 aliphatic carbocycles. The van der Waals surface area contributed by atoms with Crippen LogP contribution in [0.5, 0.6) is 0 Å². The van der Waals surface area contributed by atoms with Crippen LogP contribution < -0.4 is 5.73 Å². The van der Waals surface area contributed by atoms with E-state index in [0.717, 1.165) is 30.5 Å². The van der Waals surface area contributed by atoms with Crippen molar-refractivity contribution in [1.82, 2.24) is 9.88 Å². The smallest absolute Gasteiger partial charge is 0.0501 e. The maximum absolute atomic E-state index is 5.66. The molecule has 2 saturated carbocycles. The Morgan fingerprint density at radius 1 is 1.11 bits per heavy atom. The summed E-state index contributed by atoms with van der Waals surface area (Å²) in [7, 11) is 0. The highest BCUT2D eigenvalue weighted by Gasteiger charge is 2.28. The van der Waals surface area contributed by atoms with Crippen LogP contribution in [0.25, 0.3) is 0 Å². The predicted molar refractivity (Wildman–Crippen MR) is 74.2 cm³/mol. The Labute approximate surface area is 109 Å². The van der Waals surface area contributed by atoms with Crippen molar-refractivity contribution in [3.05, 3.63) is 24.0 Å². The molecule has 1 aromatic heterocycles. The van der Waals surface area contributed by atoms with Crippen molar-refractivity contribution in [3.8, 4) is 0 Å². The SMILES string of the molecule is Nc1ccc(CCN(CC2CC2)CC2CC2)nc1. The molecule has 0 radical (unpaired) electrons. The van der Waals surface area contributed by atoms with E-state index in [0.29, 0.717) is 0 Å². The lowest BCUT2D eigenvalue weighted by Crippen LogP contribution is -2.30. The van der Waals surface area contributed by atoms with Crippen molar-refractivity contribution in [2.24, 2.45) is 11.8 Å². The first-order valence-electron chi connectivity index (χ1n) is 7.22. The van der Waals surface area contributed by atoms with E-state index in [2.05, 4.69) is 16.0 Å². The van der Waals surface area contributed by atoms with Crippen LogP contribution in [0, 0.1) is 11.8 Å². The Kier molecular flexibility index (Phi) is 3.50. The van der Waals surface area contributed by atoms with Gasteiger partial charge in [0, 0.05) is 31.7 Å². The molecule has 0 amide bonds. The van der Waals surface area contributed by atoms with E-state index in [4.69, 9.17) is 5.73 Å². The largest absolute Gasteiger partial charge is 0.397 e. The monoisotopic (exact) mass is 245 g/mol. The lowest BCUT2D eigenvalue weighted by atomic mass is 10.2. The molecule has 2 aliphatic rings. The fourth-order valence-electron chi connectivity index (χ4n) is 2.44. The molecule has 0 saturated heterocycles. The van der Waals surface area contributed by atoms with Crippen LogP contribution in [0.15, 0.2) is 18.3 Å². The minimum absolute atomic E-state index is 0.756. The summed E-state index contributed by atoms with van der Waals surface area (Å²) in [4.78, 5) is 7.05. The van der Waals surface area contributed by atoms with Crippen molar-refractivity contribution in [3.63, 3.8) is 0 Å². The Balaban J connectivity index is 1.49. The molecule has 0 unspecified atom stereocenters. The Morgan fingerprint density at radius 2 is 1.78 bits per heavy atom. The third kappa shape index (κ3) is 3.70. The van der Waals surface area contributed by atoms with Gasteiger partial charge >= 0.3 is 0 Å². The number of aromatic nitrogens is 1. The van der Waals surface area contributed by atoms with Crippen LogP contribution in [0.2, 0.25) is 0 Å². The summed E-state index contributed by atoms with van der Waals surface area (Å²) in [6.07, 6.45) is 8.60. The topological polar surface area (TPSA) is 42.1 Å². The number of anilines is 1. The fraction of sp³-hybridized carbons (Fsp3) is 0.667. The molecule has 0 bridgehead atoms. The van der Waals surface area contributed by atoms with E-state index in [1.807, 2.05) is 6.07 Å². The van der Waals surface area contributed by atoms with Crippen LogP contribution in [0.1, 0.15) is 31.4 Å². The van der Waals surface area contributed by atoms with E-state index in [-0.39, 0.29) is 0 Å². The number of pyridine rings is 1. The first-order chi connectivity index (χ1) is 8.79. The lowest BCUT2D eigenvalue weighted by Gasteiger charge is -2.21. The number of nitrogens with zero attached hydrogens (tertiary/aromatic N) is 2. The molecule has 0 spiro atoms. The molecule has 2 N–H and O–H groups in total. The second-order valence-corrected chi connectivity index (χ2v) is 5.98. The normalized spacial score (nSPS) is 19.4. The van der Waals surface area contributed by atoms with Crippen LogP contribution in [0.3, 0.4) is 0 Å². The number of hydrogen-bond acceptors (Lipinski definition) is 3. The molecule has 3 rings (SSSR count). The van der Waals surface area contributed by atoms with Gasteiger partial charge in [0.1, 0.15) is 0 Å². The number of nitrogen functional groups attached to an aromatic ring is 1. The van der Waals surface area contributed by atoms with Crippen LogP contribution in [-0.4, -0.2) is 29.5 Å². The van der Waals surface area contributed by atoms with Crippen molar-refractivity contribution < 1.29 is 0 Å². The average molecular weight is 245 g/mol. The highest BCUT2D eigenvalue weighted by atomic mass is 15.1. The number of rotatable bonds is 7. The van der Waals surface area contributed by atoms with Gasteiger partial charge in [0.2, 0.25) is 0 Å². The average Bonchev–Trinajstić information content (AvgIpc) is 3.23. The quantitative estimate of drug-likeness (QED) is 0.801. The summed E-state index contributed by atoms with van der Waals surface area (Å²) < 4.78 is 0. The summed E-state index contributed by atoms with van der Waals surface area (Å²) in [5.74, 6) is 1.98. The van der Waals surface area contributed by atoms with Gasteiger partial charge in [-0.05, 0) is 49.7 Å². The van der Waals surface area contributed by atoms with Gasteiger partial charge in [0.05, 0.1) is 11.9 Å². The van der Waals surface area contributed by atoms with E-state index in [1.165, 1.54) is 44.5 Å². The zero-order valence-electron chi connectivity index (χ0n) is 11.0. The highest BCUT2D eigenvalue weighted by Crippen LogP contribution is 2.33. The molecule has 1 heterocycles. The maximum Gasteiger partial charge on any atom is 0.0501 e. The Hall–Kier alpha value is -1.09. The zero-order valence-corrected chi connectivity index (χ0v) is 11.0. The summed E-state index contributed by atoms with van der Waals surface area (Å²) in [5, 5.41) is 0. The van der Waals surface area contributed by atoms with E-state index in [1.54, 1.807) is 6.20 Å². The highest BCUT2D eigenvalue weighted by molar-refractivity contribution is 5.34. The van der Waals surface area contributed by atoms with Crippen molar-refractivity contribution in [2.75, 3.05) is 25.4 Å². The van der Waals surface area contributed by atoms with Crippen LogP contribution >= 0.6 is 0 Å². The van der Waals surface area contributed by atoms with Gasteiger partial charge in [0.15, 0.2) is 0 Å². The van der Waals surface area contributed by atoms with Gasteiger partial charge < -0.3 is 10.6 Å². The van der Waals surface area contributed by atoms with Gasteiger partial charge in [-0.3, -0.25) is 4.98 Å². The molecule has 18 heavy (non-hydrogen) atoms. The molecule has 0 aliphatic heterocycles. The summed E-state index contributed by atoms with van der Waals surface area (Å²) in [6.45, 7) is 3.78. The van der Waals surface area contributed by atoms with E-state index >= 15 is 0 Å². The molecule has 2 fully saturated rings. The van der Waals surface area contributed by atoms with Crippen molar-refractivity contribution in [1.29, 1.82) is 0 Å². The van der Waals surface area contributed by atoms with E-state index < -0.39 is 0 Å². The number of hydrogen-bond donors (Lipinski definition) is 1.